The lowest BCUT2D eigenvalue weighted by Gasteiger charge is -2.26. The topological polar surface area (TPSA) is 60.7 Å². The number of para-hydroxylation sites is 2. The molecular formula is C55H33N5S. The molecule has 0 aliphatic heterocycles. The molecule has 0 aliphatic carbocycles. The molecule has 284 valence electrons. The van der Waals surface area contributed by atoms with Crippen molar-refractivity contribution in [2.75, 3.05) is 4.90 Å². The number of hydrogen-bond donors (Lipinski definition) is 0. The van der Waals surface area contributed by atoms with Gasteiger partial charge in [0, 0.05) is 69.6 Å². The van der Waals surface area contributed by atoms with Crippen LogP contribution in [0.4, 0.5) is 11.4 Å². The van der Waals surface area contributed by atoms with Crippen molar-refractivity contribution in [3.63, 3.8) is 0 Å². The van der Waals surface area contributed by atoms with Crippen LogP contribution in [0.25, 0.3) is 85.9 Å². The van der Waals surface area contributed by atoms with E-state index in [1.807, 2.05) is 73.7 Å². The van der Waals surface area contributed by atoms with Crippen LogP contribution in [0.15, 0.2) is 182 Å². The van der Waals surface area contributed by atoms with Gasteiger partial charge in [0.25, 0.3) is 0 Å². The predicted octanol–water partition coefficient (Wildman–Crippen LogP) is 14.5. The van der Waals surface area contributed by atoms with Crippen molar-refractivity contribution >= 4 is 97.3 Å². The fourth-order valence-electron chi connectivity index (χ4n) is 9.09. The van der Waals surface area contributed by atoms with Crippen molar-refractivity contribution in [3.8, 4) is 23.5 Å². The standard InChI is InChI=1S/C55H33N5S/c1-3-14-38(15-4-2)58(39-17-6-5-7-18-39)40-25-27-48-46(30-40)55-41-19-9-8-16-35(41)24-26-49(55)59(48)50-28-37(34-57)51(29-36(50)33-56)60-47-22-12-10-20-42(47)44-32-54-45(31-52(44)60)43-21-11-13-23-53(43)61-54/h3-23,25,27-32H,1H2,2H3/b15-4-,38-14+. The van der Waals surface area contributed by atoms with Gasteiger partial charge >= 0.3 is 0 Å². The molecular weight excluding hydrogens is 763 g/mol. The van der Waals surface area contributed by atoms with Crippen LogP contribution in [-0.2, 0) is 0 Å². The Morgan fingerprint density at radius 2 is 1.30 bits per heavy atom. The van der Waals surface area contributed by atoms with Crippen LogP contribution >= 0.6 is 11.3 Å². The zero-order chi connectivity index (χ0) is 41.2. The van der Waals surface area contributed by atoms with Crippen molar-refractivity contribution in [2.24, 2.45) is 0 Å². The summed E-state index contributed by atoms with van der Waals surface area (Å²) < 4.78 is 6.67. The Balaban J connectivity index is 1.19. The van der Waals surface area contributed by atoms with Gasteiger partial charge < -0.3 is 14.0 Å². The first kappa shape index (κ1) is 35.8. The molecule has 0 bridgehead atoms. The first-order valence-electron chi connectivity index (χ1n) is 20.0. The van der Waals surface area contributed by atoms with Crippen LogP contribution in [-0.4, -0.2) is 9.13 Å². The summed E-state index contributed by atoms with van der Waals surface area (Å²) in [7, 11) is 0. The zero-order valence-corrected chi connectivity index (χ0v) is 33.8. The van der Waals surface area contributed by atoms with Gasteiger partial charge in [-0.05, 0) is 97.9 Å². The van der Waals surface area contributed by atoms with Crippen LogP contribution in [0, 0.1) is 34.8 Å². The van der Waals surface area contributed by atoms with E-state index in [9.17, 15) is 10.5 Å². The van der Waals surface area contributed by atoms with E-state index in [1.54, 1.807) is 17.4 Å². The summed E-state index contributed by atoms with van der Waals surface area (Å²) in [6.45, 7) is 6.03. The number of nitrogens with zero attached hydrogens (tertiary/aromatic N) is 5. The second-order valence-corrected chi connectivity index (χ2v) is 16.1. The molecule has 0 atom stereocenters. The Morgan fingerprint density at radius 3 is 2.07 bits per heavy atom. The number of hydrogen-bond acceptors (Lipinski definition) is 4. The van der Waals surface area contributed by atoms with E-state index < -0.39 is 0 Å². The number of benzene rings is 7. The summed E-state index contributed by atoms with van der Waals surface area (Å²) in [5.41, 5.74) is 8.64. The monoisotopic (exact) mass is 795 g/mol. The first-order valence-corrected chi connectivity index (χ1v) is 20.9. The highest BCUT2D eigenvalue weighted by Crippen LogP contribution is 2.44. The smallest absolute Gasteiger partial charge is 0.106 e. The lowest BCUT2D eigenvalue weighted by Crippen LogP contribution is -2.15. The van der Waals surface area contributed by atoms with E-state index in [1.165, 1.54) is 20.2 Å². The van der Waals surface area contributed by atoms with Gasteiger partial charge in [0.05, 0.1) is 39.1 Å². The highest BCUT2D eigenvalue weighted by atomic mass is 32.1. The Bertz CT molecular complexity index is 3770. The molecule has 11 rings (SSSR count). The number of rotatable bonds is 7. The quantitative estimate of drug-likeness (QED) is 0.151. The Kier molecular flexibility index (Phi) is 8.33. The predicted molar refractivity (Wildman–Crippen MR) is 254 cm³/mol. The third kappa shape index (κ3) is 5.47. The summed E-state index contributed by atoms with van der Waals surface area (Å²) in [5.74, 6) is 0. The second kappa shape index (κ2) is 14.2. The maximum atomic E-state index is 11.1. The molecule has 0 saturated heterocycles. The van der Waals surface area contributed by atoms with Crippen LogP contribution < -0.4 is 4.90 Å². The first-order chi connectivity index (χ1) is 30.1. The highest BCUT2D eigenvalue weighted by molar-refractivity contribution is 7.25. The molecule has 3 aromatic heterocycles. The van der Waals surface area contributed by atoms with Gasteiger partial charge in [0.2, 0.25) is 0 Å². The lowest BCUT2D eigenvalue weighted by atomic mass is 10.0. The number of aromatic nitrogens is 2. The van der Waals surface area contributed by atoms with Crippen molar-refractivity contribution in [2.45, 2.75) is 6.92 Å². The molecule has 0 radical (unpaired) electrons. The van der Waals surface area contributed by atoms with Crippen LogP contribution in [0.2, 0.25) is 0 Å². The van der Waals surface area contributed by atoms with E-state index in [0.29, 0.717) is 22.5 Å². The van der Waals surface area contributed by atoms with Gasteiger partial charge in [-0.2, -0.15) is 10.5 Å². The maximum Gasteiger partial charge on any atom is 0.106 e. The average molecular weight is 796 g/mol. The molecule has 0 spiro atoms. The summed E-state index contributed by atoms with van der Waals surface area (Å²) >= 11 is 1.79. The minimum Gasteiger partial charge on any atom is -0.310 e. The minimum absolute atomic E-state index is 0.432. The Morgan fingerprint density at radius 1 is 0.607 bits per heavy atom. The van der Waals surface area contributed by atoms with Gasteiger partial charge in [-0.3, -0.25) is 0 Å². The summed E-state index contributed by atoms with van der Waals surface area (Å²) in [4.78, 5) is 2.22. The van der Waals surface area contributed by atoms with E-state index in [2.05, 4.69) is 142 Å². The highest BCUT2D eigenvalue weighted by Gasteiger charge is 2.24. The van der Waals surface area contributed by atoms with Crippen molar-refractivity contribution < 1.29 is 0 Å². The summed E-state index contributed by atoms with van der Waals surface area (Å²) in [6, 6.07) is 62.0. The number of thiophene rings is 1. The largest absolute Gasteiger partial charge is 0.310 e. The fraction of sp³-hybridized carbons (Fsp3) is 0.0182. The van der Waals surface area contributed by atoms with Gasteiger partial charge in [0.15, 0.2) is 0 Å². The Labute approximate surface area is 356 Å². The maximum absolute atomic E-state index is 11.1. The average Bonchev–Trinajstić information content (AvgIpc) is 3.95. The minimum atomic E-state index is 0.432. The molecule has 0 fully saturated rings. The zero-order valence-electron chi connectivity index (χ0n) is 33.0. The number of anilines is 2. The van der Waals surface area contributed by atoms with Gasteiger partial charge in [-0.1, -0.05) is 97.6 Å². The number of nitriles is 2. The molecule has 5 nitrogen and oxygen atoms in total. The van der Waals surface area contributed by atoms with Gasteiger partial charge in [-0.25, -0.2) is 0 Å². The van der Waals surface area contributed by atoms with E-state index >= 15 is 0 Å². The number of allylic oxidation sites excluding steroid dienone is 4. The fourth-order valence-corrected chi connectivity index (χ4v) is 10.2. The summed E-state index contributed by atoms with van der Waals surface area (Å²) in [5, 5.41) is 30.6. The second-order valence-electron chi connectivity index (χ2n) is 15.0. The Hall–Kier alpha value is -8.34. The normalized spacial score (nSPS) is 12.0. The van der Waals surface area contributed by atoms with E-state index in [4.69, 9.17) is 0 Å². The van der Waals surface area contributed by atoms with Crippen LogP contribution in [0.1, 0.15) is 18.1 Å². The van der Waals surface area contributed by atoms with Crippen LogP contribution in [0.3, 0.4) is 0 Å². The third-order valence-electron chi connectivity index (χ3n) is 11.6. The summed E-state index contributed by atoms with van der Waals surface area (Å²) in [6.07, 6.45) is 7.91. The molecule has 6 heteroatoms. The molecule has 8 aromatic carbocycles. The van der Waals surface area contributed by atoms with Gasteiger partial charge in [-0.15, -0.1) is 11.3 Å². The molecule has 0 aliphatic rings. The third-order valence-corrected chi connectivity index (χ3v) is 12.8. The van der Waals surface area contributed by atoms with Crippen molar-refractivity contribution in [3.05, 3.63) is 205 Å². The van der Waals surface area contributed by atoms with Crippen molar-refractivity contribution in [1.29, 1.82) is 10.5 Å². The molecule has 3 heterocycles. The SMILES string of the molecule is C=C/C=C(\C=C/C)N(c1ccccc1)c1ccc2c(c1)c1c3ccccc3c#cc1n2-c1cc(C#N)c(-n2c3ccccc3c3cc4sc5ccccc5c4cc32)cc1C#N. The van der Waals surface area contributed by atoms with Crippen molar-refractivity contribution in [1.82, 2.24) is 9.13 Å². The van der Waals surface area contributed by atoms with E-state index in [-0.39, 0.29) is 0 Å². The van der Waals surface area contributed by atoms with Crippen LogP contribution in [0.5, 0.6) is 0 Å². The molecule has 0 unspecified atom stereocenters. The molecule has 11 aromatic rings. The number of fused-ring (bicyclic) bond motifs is 11. The molecule has 0 saturated carbocycles. The molecule has 0 N–H and O–H groups in total. The van der Waals surface area contributed by atoms with E-state index in [0.717, 1.165) is 71.5 Å². The lowest BCUT2D eigenvalue weighted by molar-refractivity contribution is 1.12. The van der Waals surface area contributed by atoms with Gasteiger partial charge in [0.1, 0.15) is 17.7 Å². The molecule has 0 amide bonds. The molecule has 61 heavy (non-hydrogen) atoms.